The molecule has 0 saturated carbocycles. The molecule has 0 aliphatic heterocycles. The Balaban J connectivity index is 4.70. The van der Waals surface area contributed by atoms with Crippen molar-refractivity contribution >= 4 is 17.9 Å². The van der Waals surface area contributed by atoms with Crippen LogP contribution in [0.5, 0.6) is 0 Å². The maximum Gasteiger partial charge on any atom is 0.361 e. The lowest BCUT2D eigenvalue weighted by atomic mass is 10.1. The first-order valence-electron chi connectivity index (χ1n) is 18.3. The molecular weight excluding hydrogens is 610 g/mol. The van der Waals surface area contributed by atoms with Gasteiger partial charge < -0.3 is 28.5 Å². The van der Waals surface area contributed by atoms with Crippen molar-refractivity contribution in [2.24, 2.45) is 0 Å². The van der Waals surface area contributed by atoms with Crippen LogP contribution in [0.25, 0.3) is 0 Å². The summed E-state index contributed by atoms with van der Waals surface area (Å²) in [4.78, 5) is 36.7. The lowest BCUT2D eigenvalue weighted by Gasteiger charge is -2.25. The Morgan fingerprint density at radius 2 is 1.19 bits per heavy atom. The van der Waals surface area contributed by atoms with Crippen LogP contribution in [0.3, 0.4) is 0 Å². The number of aliphatic carboxylic acids is 1. The van der Waals surface area contributed by atoms with Gasteiger partial charge in [-0.25, -0.2) is 4.79 Å². The highest BCUT2D eigenvalue weighted by Crippen LogP contribution is 2.12. The predicted octanol–water partition coefficient (Wildman–Crippen LogP) is 8.49. The number of allylic oxidation sites excluding steroid dienone is 8. The average molecular weight is 679 g/mol. The molecule has 0 heterocycles. The molecule has 48 heavy (non-hydrogen) atoms. The molecule has 0 aromatic carbocycles. The molecule has 9 heteroatoms. The number of carbonyl (C=O) groups excluding carboxylic acids is 2. The molecule has 0 aliphatic carbocycles. The molecule has 0 saturated heterocycles. The van der Waals surface area contributed by atoms with E-state index in [0.29, 0.717) is 17.4 Å². The zero-order valence-corrected chi connectivity index (χ0v) is 30.9. The van der Waals surface area contributed by atoms with Gasteiger partial charge >= 0.3 is 17.9 Å². The monoisotopic (exact) mass is 678 g/mol. The third-order valence-electron chi connectivity index (χ3n) is 7.36. The second-order valence-electron chi connectivity index (χ2n) is 13.2. The first kappa shape index (κ1) is 45.2. The molecule has 2 atom stereocenters. The van der Waals surface area contributed by atoms with Gasteiger partial charge in [-0.15, -0.1) is 0 Å². The second-order valence-corrected chi connectivity index (χ2v) is 13.2. The molecule has 0 aliphatic rings. The number of esters is 2. The van der Waals surface area contributed by atoms with Gasteiger partial charge in [0.05, 0.1) is 34.4 Å². The number of nitrogens with zero attached hydrogens (tertiary/aromatic N) is 1. The predicted molar refractivity (Wildman–Crippen MR) is 193 cm³/mol. The van der Waals surface area contributed by atoms with E-state index in [9.17, 15) is 19.5 Å². The highest BCUT2D eigenvalue weighted by molar-refractivity contribution is 5.71. The van der Waals surface area contributed by atoms with Crippen LogP contribution >= 0.6 is 0 Å². The van der Waals surface area contributed by atoms with Crippen molar-refractivity contribution in [3.05, 3.63) is 48.6 Å². The first-order chi connectivity index (χ1) is 23.1. The van der Waals surface area contributed by atoms with Crippen LogP contribution in [0.2, 0.25) is 0 Å². The summed E-state index contributed by atoms with van der Waals surface area (Å²) in [5, 5.41) is 9.56. The summed E-state index contributed by atoms with van der Waals surface area (Å²) < 4.78 is 22.5. The number of carboxylic acid groups (broad SMARTS) is 1. The number of quaternary nitrogens is 1. The van der Waals surface area contributed by atoms with Crippen LogP contribution in [-0.2, 0) is 33.3 Å². The number of likely N-dealkylation sites (N-methyl/N-ethyl adjacent to an activating group) is 1. The van der Waals surface area contributed by atoms with Crippen molar-refractivity contribution in [2.75, 3.05) is 47.5 Å². The molecule has 2 unspecified atom stereocenters. The minimum absolute atomic E-state index is 0.139. The lowest BCUT2D eigenvalue weighted by molar-refractivity contribution is -0.870. The van der Waals surface area contributed by atoms with Crippen molar-refractivity contribution in [3.63, 3.8) is 0 Å². The third-order valence-corrected chi connectivity index (χ3v) is 7.36. The number of ether oxygens (including phenoxy) is 4. The SMILES string of the molecule is CC/C=C\C/C=C\C/C=C\C/C=C\CCC(=O)OC(COC(=O)CCCCCCCCCCCC)COC(OCC[N+](C)(C)C)C(=O)O. The molecule has 276 valence electrons. The summed E-state index contributed by atoms with van der Waals surface area (Å²) in [7, 11) is 5.91. The van der Waals surface area contributed by atoms with Gasteiger partial charge in [0.15, 0.2) is 6.10 Å². The van der Waals surface area contributed by atoms with Crippen molar-refractivity contribution in [1.82, 2.24) is 0 Å². The molecule has 0 amide bonds. The van der Waals surface area contributed by atoms with Gasteiger partial charge in [-0.05, 0) is 38.5 Å². The number of hydrogen-bond donors (Lipinski definition) is 1. The summed E-state index contributed by atoms with van der Waals surface area (Å²) in [6.45, 7) is 4.61. The maximum absolute atomic E-state index is 12.6. The fourth-order valence-corrected chi connectivity index (χ4v) is 4.49. The molecule has 0 radical (unpaired) electrons. The normalized spacial score (nSPS) is 13.6. The fraction of sp³-hybridized carbons (Fsp3) is 0.718. The number of carboxylic acids is 1. The van der Waals surface area contributed by atoms with Gasteiger partial charge in [0.25, 0.3) is 6.29 Å². The van der Waals surface area contributed by atoms with E-state index in [4.69, 9.17) is 18.9 Å². The van der Waals surface area contributed by atoms with Crippen LogP contribution in [-0.4, -0.2) is 87.4 Å². The molecule has 0 fully saturated rings. The Labute approximate surface area is 292 Å². The van der Waals surface area contributed by atoms with Crippen LogP contribution in [0, 0.1) is 0 Å². The second kappa shape index (κ2) is 31.5. The minimum Gasteiger partial charge on any atom is -0.477 e. The number of hydrogen-bond acceptors (Lipinski definition) is 7. The summed E-state index contributed by atoms with van der Waals surface area (Å²) in [5.41, 5.74) is 0. The number of unbranched alkanes of at least 4 members (excludes halogenated alkanes) is 9. The van der Waals surface area contributed by atoms with Gasteiger partial charge in [0, 0.05) is 12.8 Å². The number of rotatable bonds is 32. The van der Waals surface area contributed by atoms with E-state index in [1.807, 2.05) is 33.3 Å². The van der Waals surface area contributed by atoms with Crippen molar-refractivity contribution in [2.45, 2.75) is 135 Å². The van der Waals surface area contributed by atoms with Gasteiger partial charge in [-0.3, -0.25) is 9.59 Å². The van der Waals surface area contributed by atoms with Crippen LogP contribution in [0.1, 0.15) is 123 Å². The molecule has 0 spiro atoms. The highest BCUT2D eigenvalue weighted by Gasteiger charge is 2.25. The standard InChI is InChI=1S/C39H67NO8/c1-6-8-10-12-14-16-18-19-20-22-24-26-28-30-37(42)48-35(34-47-39(38(43)44)45-32-31-40(3,4)5)33-46-36(41)29-27-25-23-21-17-15-13-11-9-7-2/h8,10,14,16,19-20,24,26,35,39H,6-7,9,11-13,15,17-18,21-23,25,27-34H2,1-5H3/p+1/b10-8-,16-14-,20-19-,26-24-. The molecule has 1 N–H and O–H groups in total. The molecule has 0 bridgehead atoms. The molecule has 0 aromatic heterocycles. The van der Waals surface area contributed by atoms with Gasteiger partial charge in [-0.2, -0.15) is 0 Å². The van der Waals surface area contributed by atoms with E-state index in [1.54, 1.807) is 0 Å². The summed E-state index contributed by atoms with van der Waals surface area (Å²) >= 11 is 0. The largest absolute Gasteiger partial charge is 0.477 e. The smallest absolute Gasteiger partial charge is 0.361 e. The van der Waals surface area contributed by atoms with Crippen LogP contribution in [0.4, 0.5) is 0 Å². The first-order valence-corrected chi connectivity index (χ1v) is 18.3. The van der Waals surface area contributed by atoms with E-state index >= 15 is 0 Å². The van der Waals surface area contributed by atoms with E-state index < -0.39 is 24.3 Å². The topological polar surface area (TPSA) is 108 Å². The molecular formula is C39H68NO8+. The van der Waals surface area contributed by atoms with Gasteiger partial charge in [0.2, 0.25) is 0 Å². The average Bonchev–Trinajstić information content (AvgIpc) is 3.03. The maximum atomic E-state index is 12.6. The Morgan fingerprint density at radius 1 is 0.646 bits per heavy atom. The summed E-state index contributed by atoms with van der Waals surface area (Å²) in [6, 6.07) is 0. The van der Waals surface area contributed by atoms with Gasteiger partial charge in [0.1, 0.15) is 13.2 Å². The minimum atomic E-state index is -1.52. The molecule has 0 rings (SSSR count). The fourth-order valence-electron chi connectivity index (χ4n) is 4.49. The third kappa shape index (κ3) is 31.8. The van der Waals surface area contributed by atoms with Crippen molar-refractivity contribution in [1.29, 1.82) is 0 Å². The molecule has 0 aromatic rings. The zero-order chi connectivity index (χ0) is 35.7. The van der Waals surface area contributed by atoms with Crippen LogP contribution < -0.4 is 0 Å². The molecule has 9 nitrogen and oxygen atoms in total. The van der Waals surface area contributed by atoms with Crippen molar-refractivity contribution in [3.8, 4) is 0 Å². The van der Waals surface area contributed by atoms with E-state index in [0.717, 1.165) is 44.9 Å². The summed E-state index contributed by atoms with van der Waals surface area (Å²) in [5.74, 6) is -2.13. The van der Waals surface area contributed by atoms with Gasteiger partial charge in [-0.1, -0.05) is 120 Å². The Kier molecular flexibility index (Phi) is 29.7. The van der Waals surface area contributed by atoms with E-state index in [1.165, 1.54) is 44.9 Å². The Bertz CT molecular complexity index is 935. The quantitative estimate of drug-likeness (QED) is 0.0248. The van der Waals surface area contributed by atoms with E-state index in [2.05, 4.69) is 50.3 Å². The Hall–Kier alpha value is -2.75. The van der Waals surface area contributed by atoms with Crippen molar-refractivity contribution < 1.29 is 42.9 Å². The van der Waals surface area contributed by atoms with Crippen LogP contribution in [0.15, 0.2) is 48.6 Å². The summed E-state index contributed by atoms with van der Waals surface area (Å²) in [6.07, 6.45) is 30.5. The number of carbonyl (C=O) groups is 3. The highest BCUT2D eigenvalue weighted by atomic mass is 16.7. The lowest BCUT2D eigenvalue weighted by Crippen LogP contribution is -2.40. The Morgan fingerprint density at radius 3 is 1.73 bits per heavy atom. The zero-order valence-electron chi connectivity index (χ0n) is 30.9. The van der Waals surface area contributed by atoms with E-state index in [-0.39, 0.29) is 38.6 Å².